The molecule has 0 aromatic heterocycles. The fraction of sp³-hybridized carbons (Fsp3) is 0.471. The number of benzene rings is 1. The summed E-state index contributed by atoms with van der Waals surface area (Å²) in [6.45, 7) is 4.86. The zero-order valence-electron chi connectivity index (χ0n) is 14.0. The van der Waals surface area contributed by atoms with Gasteiger partial charge in [-0.2, -0.15) is 0 Å². The average molecular weight is 336 g/mol. The molecule has 0 spiro atoms. The summed E-state index contributed by atoms with van der Waals surface area (Å²) in [5, 5.41) is 8.96. The van der Waals surface area contributed by atoms with E-state index in [2.05, 4.69) is 0 Å². The molecule has 1 aliphatic heterocycles. The van der Waals surface area contributed by atoms with Crippen LogP contribution >= 0.6 is 0 Å². The van der Waals surface area contributed by atoms with Crippen molar-refractivity contribution in [3.63, 3.8) is 0 Å². The molecule has 0 bridgehead atoms. The van der Waals surface area contributed by atoms with Gasteiger partial charge in [-0.05, 0) is 44.5 Å². The van der Waals surface area contributed by atoms with Gasteiger partial charge in [-0.1, -0.05) is 0 Å². The Morgan fingerprint density at radius 3 is 2.62 bits per heavy atom. The number of aryl methyl sites for hydroxylation is 1. The first-order chi connectivity index (χ1) is 11.2. The van der Waals surface area contributed by atoms with E-state index in [1.807, 2.05) is 0 Å². The van der Waals surface area contributed by atoms with E-state index in [9.17, 15) is 18.8 Å². The topological polar surface area (TPSA) is 77.9 Å². The van der Waals surface area contributed by atoms with Gasteiger partial charge in [0.05, 0.1) is 5.92 Å². The van der Waals surface area contributed by atoms with Crippen molar-refractivity contribution in [3.05, 3.63) is 29.6 Å². The quantitative estimate of drug-likeness (QED) is 0.889. The third kappa shape index (κ3) is 3.72. The number of amides is 2. The number of carboxylic acid groups (broad SMARTS) is 1. The second-order valence-corrected chi connectivity index (χ2v) is 6.29. The fourth-order valence-corrected chi connectivity index (χ4v) is 2.81. The molecule has 2 amide bonds. The van der Waals surface area contributed by atoms with Gasteiger partial charge < -0.3 is 14.9 Å². The Hall–Kier alpha value is -2.44. The number of nitrogens with zero attached hydrogens (tertiary/aromatic N) is 2. The smallest absolute Gasteiger partial charge is 0.323 e. The summed E-state index contributed by atoms with van der Waals surface area (Å²) in [7, 11) is 0. The maximum atomic E-state index is 13.4. The molecule has 1 aliphatic rings. The second-order valence-electron chi connectivity index (χ2n) is 6.29. The maximum absolute atomic E-state index is 13.4. The molecule has 1 aromatic carbocycles. The number of halogens is 1. The lowest BCUT2D eigenvalue weighted by Gasteiger charge is -2.27. The number of hydrogen-bond donors (Lipinski definition) is 1. The van der Waals surface area contributed by atoms with Crippen molar-refractivity contribution in [2.24, 2.45) is 5.92 Å². The van der Waals surface area contributed by atoms with Gasteiger partial charge in [-0.15, -0.1) is 0 Å². The third-order valence-corrected chi connectivity index (χ3v) is 4.14. The predicted molar refractivity (Wildman–Crippen MR) is 86.1 cm³/mol. The van der Waals surface area contributed by atoms with Crippen LogP contribution in [0.25, 0.3) is 0 Å². The van der Waals surface area contributed by atoms with Crippen molar-refractivity contribution < 1.29 is 23.9 Å². The van der Waals surface area contributed by atoms with E-state index < -0.39 is 18.4 Å². The Morgan fingerprint density at radius 2 is 2.08 bits per heavy atom. The van der Waals surface area contributed by atoms with Gasteiger partial charge in [-0.25, -0.2) is 4.39 Å². The highest BCUT2D eigenvalue weighted by Crippen LogP contribution is 2.28. The van der Waals surface area contributed by atoms with E-state index in [0.717, 1.165) is 0 Å². The van der Waals surface area contributed by atoms with Crippen LogP contribution in [-0.2, 0) is 14.4 Å². The Balaban J connectivity index is 2.17. The molecule has 1 unspecified atom stereocenters. The van der Waals surface area contributed by atoms with Crippen LogP contribution in [0, 0.1) is 18.7 Å². The summed E-state index contributed by atoms with van der Waals surface area (Å²) in [4.78, 5) is 38.5. The van der Waals surface area contributed by atoms with Crippen LogP contribution in [0.5, 0.6) is 0 Å². The molecular weight excluding hydrogens is 315 g/mol. The van der Waals surface area contributed by atoms with Crippen LogP contribution in [0.3, 0.4) is 0 Å². The lowest BCUT2D eigenvalue weighted by atomic mass is 10.1. The van der Waals surface area contributed by atoms with Crippen LogP contribution in [0.15, 0.2) is 18.2 Å². The maximum Gasteiger partial charge on any atom is 0.323 e. The number of anilines is 1. The molecule has 1 saturated heterocycles. The SMILES string of the molecule is Cc1cc(N2CC(C(=O)N(CC(=O)O)C(C)C)CC2=O)ccc1F. The largest absolute Gasteiger partial charge is 0.480 e. The zero-order valence-corrected chi connectivity index (χ0v) is 14.0. The van der Waals surface area contributed by atoms with Crippen molar-refractivity contribution in [1.29, 1.82) is 0 Å². The van der Waals surface area contributed by atoms with E-state index in [4.69, 9.17) is 5.11 Å². The van der Waals surface area contributed by atoms with Crippen molar-refractivity contribution in [2.45, 2.75) is 33.2 Å². The second kappa shape index (κ2) is 6.98. The molecule has 2 rings (SSSR count). The molecule has 130 valence electrons. The lowest BCUT2D eigenvalue weighted by molar-refractivity contribution is -0.147. The number of carbonyl (C=O) groups is 3. The number of aliphatic carboxylic acids is 1. The number of carbonyl (C=O) groups excluding carboxylic acids is 2. The number of hydrogen-bond acceptors (Lipinski definition) is 3. The Kier molecular flexibility index (Phi) is 5.21. The van der Waals surface area contributed by atoms with Gasteiger partial charge >= 0.3 is 5.97 Å². The summed E-state index contributed by atoms with van der Waals surface area (Å²) in [6.07, 6.45) is 0.0259. The van der Waals surface area contributed by atoms with Gasteiger partial charge in [0.1, 0.15) is 12.4 Å². The fourth-order valence-electron chi connectivity index (χ4n) is 2.81. The van der Waals surface area contributed by atoms with Crippen molar-refractivity contribution >= 4 is 23.5 Å². The number of carboxylic acids is 1. The van der Waals surface area contributed by atoms with E-state index in [-0.39, 0.29) is 36.6 Å². The molecule has 0 radical (unpaired) electrons. The molecule has 0 saturated carbocycles. The summed E-state index contributed by atoms with van der Waals surface area (Å²) >= 11 is 0. The first-order valence-electron chi connectivity index (χ1n) is 7.79. The Labute approximate surface area is 139 Å². The highest BCUT2D eigenvalue weighted by Gasteiger charge is 2.38. The summed E-state index contributed by atoms with van der Waals surface area (Å²) in [5.74, 6) is -2.61. The molecule has 1 atom stereocenters. The van der Waals surface area contributed by atoms with Crippen LogP contribution in [-0.4, -0.2) is 46.9 Å². The van der Waals surface area contributed by atoms with Gasteiger partial charge in [-0.3, -0.25) is 14.4 Å². The highest BCUT2D eigenvalue weighted by molar-refractivity contribution is 6.00. The monoisotopic (exact) mass is 336 g/mol. The van der Waals surface area contributed by atoms with Crippen molar-refractivity contribution in [3.8, 4) is 0 Å². The molecule has 1 heterocycles. The number of rotatable bonds is 5. The minimum atomic E-state index is -1.09. The molecule has 1 N–H and O–H groups in total. The lowest BCUT2D eigenvalue weighted by Crippen LogP contribution is -2.44. The van der Waals surface area contributed by atoms with E-state index >= 15 is 0 Å². The predicted octanol–water partition coefficient (Wildman–Crippen LogP) is 1.81. The normalized spacial score (nSPS) is 17.5. The van der Waals surface area contributed by atoms with Gasteiger partial charge in [0.25, 0.3) is 0 Å². The molecule has 6 nitrogen and oxygen atoms in total. The molecule has 24 heavy (non-hydrogen) atoms. The van der Waals surface area contributed by atoms with Gasteiger partial charge in [0.2, 0.25) is 11.8 Å². The van der Waals surface area contributed by atoms with E-state index in [1.54, 1.807) is 26.8 Å². The molecule has 7 heteroatoms. The highest BCUT2D eigenvalue weighted by atomic mass is 19.1. The van der Waals surface area contributed by atoms with Crippen molar-refractivity contribution in [1.82, 2.24) is 4.90 Å². The first kappa shape index (κ1) is 17.9. The third-order valence-electron chi connectivity index (χ3n) is 4.14. The van der Waals surface area contributed by atoms with Gasteiger partial charge in [0, 0.05) is 24.7 Å². The van der Waals surface area contributed by atoms with Gasteiger partial charge in [0.15, 0.2) is 0 Å². The molecule has 0 aliphatic carbocycles. The van der Waals surface area contributed by atoms with Crippen LogP contribution in [0.2, 0.25) is 0 Å². The molecule has 1 fully saturated rings. The summed E-state index contributed by atoms with van der Waals surface area (Å²) in [5.41, 5.74) is 0.966. The average Bonchev–Trinajstić information content (AvgIpc) is 2.88. The Morgan fingerprint density at radius 1 is 1.42 bits per heavy atom. The minimum absolute atomic E-state index is 0.0259. The van der Waals surface area contributed by atoms with Crippen LogP contribution in [0.4, 0.5) is 10.1 Å². The van der Waals surface area contributed by atoms with Crippen LogP contribution < -0.4 is 4.90 Å². The van der Waals surface area contributed by atoms with E-state index in [0.29, 0.717) is 11.3 Å². The molecular formula is C17H21FN2O4. The molecule has 1 aromatic rings. The zero-order chi connectivity index (χ0) is 18.0. The first-order valence-corrected chi connectivity index (χ1v) is 7.79. The Bertz CT molecular complexity index is 675. The van der Waals surface area contributed by atoms with E-state index in [1.165, 1.54) is 21.9 Å². The van der Waals surface area contributed by atoms with Crippen molar-refractivity contribution in [2.75, 3.05) is 18.0 Å². The summed E-state index contributed by atoms with van der Waals surface area (Å²) < 4.78 is 13.4. The summed E-state index contributed by atoms with van der Waals surface area (Å²) in [6, 6.07) is 4.09. The van der Waals surface area contributed by atoms with Crippen LogP contribution in [0.1, 0.15) is 25.8 Å². The minimum Gasteiger partial charge on any atom is -0.480 e. The standard InChI is InChI=1S/C17H21FN2O4/c1-10(2)19(9-16(22)23)17(24)12-7-15(21)20(8-12)13-4-5-14(18)11(3)6-13/h4-6,10,12H,7-9H2,1-3H3,(H,22,23).